The number of carbonyl (C=O) groups excluding carboxylic acids is 3. The normalized spacial score (nSPS) is 13.0. The van der Waals surface area contributed by atoms with Gasteiger partial charge in [-0.05, 0) is 30.0 Å². The van der Waals surface area contributed by atoms with E-state index in [1.54, 1.807) is 24.5 Å². The third kappa shape index (κ3) is 7.32. The molecule has 0 radical (unpaired) electrons. The lowest BCUT2D eigenvalue weighted by Crippen LogP contribution is -2.49. The SMILES string of the molecule is CNC(=O)[C@H](Cc1ccncc1)NC(=O)[C@@H](CC(=O)OC)CC(C)C. The van der Waals surface area contributed by atoms with Crippen molar-refractivity contribution in [1.29, 1.82) is 0 Å². The standard InChI is InChI=1S/C18H27N3O4/c1-12(2)9-14(11-16(22)25-4)17(23)21-15(18(24)19-3)10-13-5-7-20-8-6-13/h5-8,12,14-15H,9-11H2,1-4H3,(H,19,24)(H,21,23)/t14-,15+/m1/s1. The maximum absolute atomic E-state index is 12.6. The summed E-state index contributed by atoms with van der Waals surface area (Å²) < 4.78 is 4.68. The van der Waals surface area contributed by atoms with E-state index in [0.717, 1.165) is 5.56 Å². The number of hydrogen-bond acceptors (Lipinski definition) is 5. The Kier molecular flexibility index (Phi) is 8.60. The second-order valence-corrected chi connectivity index (χ2v) is 6.34. The molecule has 0 bridgehead atoms. The zero-order chi connectivity index (χ0) is 18.8. The Labute approximate surface area is 148 Å². The topological polar surface area (TPSA) is 97.4 Å². The summed E-state index contributed by atoms with van der Waals surface area (Å²) in [5.41, 5.74) is 0.886. The zero-order valence-corrected chi connectivity index (χ0v) is 15.2. The maximum Gasteiger partial charge on any atom is 0.306 e. The van der Waals surface area contributed by atoms with Gasteiger partial charge in [0.15, 0.2) is 0 Å². The zero-order valence-electron chi connectivity index (χ0n) is 15.2. The first-order valence-corrected chi connectivity index (χ1v) is 8.35. The van der Waals surface area contributed by atoms with E-state index in [0.29, 0.717) is 12.8 Å². The van der Waals surface area contributed by atoms with Crippen LogP contribution in [0.1, 0.15) is 32.3 Å². The van der Waals surface area contributed by atoms with Crippen molar-refractivity contribution in [2.24, 2.45) is 11.8 Å². The predicted molar refractivity (Wildman–Crippen MR) is 93.5 cm³/mol. The van der Waals surface area contributed by atoms with Crippen molar-refractivity contribution < 1.29 is 19.1 Å². The fourth-order valence-electron chi connectivity index (χ4n) is 2.56. The molecule has 0 spiro atoms. The molecular weight excluding hydrogens is 322 g/mol. The summed E-state index contributed by atoms with van der Waals surface area (Å²) in [6.45, 7) is 3.95. The van der Waals surface area contributed by atoms with E-state index in [2.05, 4.69) is 20.4 Å². The lowest BCUT2D eigenvalue weighted by Gasteiger charge is -2.22. The number of ether oxygens (including phenoxy) is 1. The smallest absolute Gasteiger partial charge is 0.306 e. The molecule has 0 aliphatic rings. The van der Waals surface area contributed by atoms with Crippen molar-refractivity contribution in [1.82, 2.24) is 15.6 Å². The highest BCUT2D eigenvalue weighted by atomic mass is 16.5. The van der Waals surface area contributed by atoms with Gasteiger partial charge in [0.25, 0.3) is 0 Å². The van der Waals surface area contributed by atoms with E-state index < -0.39 is 17.9 Å². The van der Waals surface area contributed by atoms with Crippen LogP contribution in [0.5, 0.6) is 0 Å². The minimum Gasteiger partial charge on any atom is -0.469 e. The fraction of sp³-hybridized carbons (Fsp3) is 0.556. The van der Waals surface area contributed by atoms with Gasteiger partial charge in [-0.15, -0.1) is 0 Å². The minimum atomic E-state index is -0.716. The summed E-state index contributed by atoms with van der Waals surface area (Å²) in [6.07, 6.45) is 4.15. The van der Waals surface area contributed by atoms with E-state index in [1.165, 1.54) is 14.2 Å². The molecule has 2 amide bonds. The summed E-state index contributed by atoms with van der Waals surface area (Å²) in [4.78, 5) is 40.3. The molecule has 1 heterocycles. The van der Waals surface area contributed by atoms with E-state index in [-0.39, 0.29) is 24.2 Å². The van der Waals surface area contributed by atoms with Crippen LogP contribution in [-0.2, 0) is 25.5 Å². The highest BCUT2D eigenvalue weighted by Gasteiger charge is 2.27. The first kappa shape index (κ1) is 20.6. The summed E-state index contributed by atoms with van der Waals surface area (Å²) in [6, 6.07) is 2.87. The molecule has 1 rings (SSSR count). The first-order chi connectivity index (χ1) is 11.9. The Balaban J connectivity index is 2.85. The number of rotatable bonds is 9. The van der Waals surface area contributed by atoms with Gasteiger partial charge in [-0.3, -0.25) is 19.4 Å². The number of methoxy groups -OCH3 is 1. The van der Waals surface area contributed by atoms with Crippen molar-refractivity contribution in [3.05, 3.63) is 30.1 Å². The van der Waals surface area contributed by atoms with Crippen LogP contribution in [0.15, 0.2) is 24.5 Å². The molecule has 138 valence electrons. The molecule has 0 aromatic carbocycles. The Hall–Kier alpha value is -2.44. The molecule has 1 aromatic rings. The molecule has 0 saturated carbocycles. The lowest BCUT2D eigenvalue weighted by molar-refractivity contribution is -0.144. The van der Waals surface area contributed by atoms with E-state index in [9.17, 15) is 14.4 Å². The average Bonchev–Trinajstić information content (AvgIpc) is 2.60. The number of carbonyl (C=O) groups is 3. The van der Waals surface area contributed by atoms with E-state index in [4.69, 9.17) is 0 Å². The Morgan fingerprint density at radius 3 is 2.32 bits per heavy atom. The van der Waals surface area contributed by atoms with Gasteiger partial charge in [-0.2, -0.15) is 0 Å². The second kappa shape index (κ2) is 10.4. The van der Waals surface area contributed by atoms with Crippen molar-refractivity contribution in [2.75, 3.05) is 14.2 Å². The molecular formula is C18H27N3O4. The number of nitrogens with zero attached hydrogens (tertiary/aromatic N) is 1. The molecule has 0 aliphatic heterocycles. The van der Waals surface area contributed by atoms with Crippen LogP contribution in [0.4, 0.5) is 0 Å². The summed E-state index contributed by atoms with van der Waals surface area (Å²) in [7, 11) is 2.82. The number of likely N-dealkylation sites (N-methyl/N-ethyl adjacent to an activating group) is 1. The lowest BCUT2D eigenvalue weighted by atomic mass is 9.92. The van der Waals surface area contributed by atoms with Crippen LogP contribution >= 0.6 is 0 Å². The average molecular weight is 349 g/mol. The van der Waals surface area contributed by atoms with Crippen molar-refractivity contribution in [3.63, 3.8) is 0 Å². The van der Waals surface area contributed by atoms with Crippen molar-refractivity contribution in [2.45, 2.75) is 39.2 Å². The third-order valence-corrected chi connectivity index (χ3v) is 3.84. The van der Waals surface area contributed by atoms with Gasteiger partial charge >= 0.3 is 5.97 Å². The number of pyridine rings is 1. The number of aromatic nitrogens is 1. The van der Waals surface area contributed by atoms with Crippen LogP contribution in [0.3, 0.4) is 0 Å². The molecule has 7 nitrogen and oxygen atoms in total. The summed E-state index contributed by atoms with van der Waals surface area (Å²) in [5.74, 6) is -1.34. The molecule has 0 fully saturated rings. The van der Waals surface area contributed by atoms with Gasteiger partial charge in [-0.1, -0.05) is 13.8 Å². The first-order valence-electron chi connectivity index (χ1n) is 8.35. The third-order valence-electron chi connectivity index (χ3n) is 3.84. The van der Waals surface area contributed by atoms with Gasteiger partial charge < -0.3 is 15.4 Å². The Morgan fingerprint density at radius 2 is 1.80 bits per heavy atom. The monoisotopic (exact) mass is 349 g/mol. The van der Waals surface area contributed by atoms with Gasteiger partial charge in [0, 0.05) is 31.8 Å². The molecule has 0 unspecified atom stereocenters. The molecule has 0 aliphatic carbocycles. The molecule has 7 heteroatoms. The fourth-order valence-corrected chi connectivity index (χ4v) is 2.56. The minimum absolute atomic E-state index is 0.00374. The van der Waals surface area contributed by atoms with Crippen LogP contribution in [0.25, 0.3) is 0 Å². The van der Waals surface area contributed by atoms with Crippen LogP contribution < -0.4 is 10.6 Å². The molecule has 0 saturated heterocycles. The number of amides is 2. The molecule has 2 atom stereocenters. The number of nitrogens with one attached hydrogen (secondary N) is 2. The number of esters is 1. The molecule has 25 heavy (non-hydrogen) atoms. The van der Waals surface area contributed by atoms with Crippen LogP contribution in [-0.4, -0.2) is 43.0 Å². The molecule has 1 aromatic heterocycles. The van der Waals surface area contributed by atoms with Crippen molar-refractivity contribution in [3.8, 4) is 0 Å². The van der Waals surface area contributed by atoms with Gasteiger partial charge in [0.05, 0.1) is 13.5 Å². The quantitative estimate of drug-likeness (QED) is 0.650. The van der Waals surface area contributed by atoms with Crippen LogP contribution in [0, 0.1) is 11.8 Å². The Morgan fingerprint density at radius 1 is 1.16 bits per heavy atom. The van der Waals surface area contributed by atoms with Gasteiger partial charge in [-0.25, -0.2) is 0 Å². The largest absolute Gasteiger partial charge is 0.469 e. The maximum atomic E-state index is 12.6. The Bertz CT molecular complexity index is 575. The summed E-state index contributed by atoms with van der Waals surface area (Å²) in [5, 5.41) is 5.33. The molecule has 2 N–H and O–H groups in total. The number of hydrogen-bond donors (Lipinski definition) is 2. The van der Waals surface area contributed by atoms with Gasteiger partial charge in [0.2, 0.25) is 11.8 Å². The van der Waals surface area contributed by atoms with Gasteiger partial charge in [0.1, 0.15) is 6.04 Å². The second-order valence-electron chi connectivity index (χ2n) is 6.34. The highest BCUT2D eigenvalue weighted by molar-refractivity contribution is 5.90. The predicted octanol–water partition coefficient (Wildman–Crippen LogP) is 1.08. The summed E-state index contributed by atoms with van der Waals surface area (Å²) >= 11 is 0. The highest BCUT2D eigenvalue weighted by Crippen LogP contribution is 2.17. The van der Waals surface area contributed by atoms with E-state index in [1.807, 2.05) is 13.8 Å². The van der Waals surface area contributed by atoms with E-state index >= 15 is 0 Å². The van der Waals surface area contributed by atoms with Crippen LogP contribution in [0.2, 0.25) is 0 Å². The van der Waals surface area contributed by atoms with Crippen molar-refractivity contribution >= 4 is 17.8 Å².